The average molecular weight is 202 g/mol. The summed E-state index contributed by atoms with van der Waals surface area (Å²) < 4.78 is 5.16. The summed E-state index contributed by atoms with van der Waals surface area (Å²) in [6.45, 7) is 0.568. The third kappa shape index (κ3) is 4.38. The zero-order valence-corrected chi connectivity index (χ0v) is 8.17. The molecule has 0 aliphatic heterocycles. The van der Waals surface area contributed by atoms with Gasteiger partial charge in [-0.15, -0.1) is 11.3 Å². The van der Waals surface area contributed by atoms with E-state index in [1.165, 1.54) is 4.88 Å². The van der Waals surface area contributed by atoms with Gasteiger partial charge in [0.25, 0.3) is 0 Å². The van der Waals surface area contributed by atoms with E-state index in [0.717, 1.165) is 6.42 Å². The zero-order chi connectivity index (χ0) is 9.52. The van der Waals surface area contributed by atoms with E-state index in [2.05, 4.69) is 6.07 Å². The molecule has 1 aromatic heterocycles. The molecule has 1 atom stereocenters. The molecular formula is C9H14O3S. The second kappa shape index (κ2) is 6.10. The van der Waals surface area contributed by atoms with Crippen molar-refractivity contribution < 1.29 is 14.9 Å². The molecule has 1 aromatic rings. The van der Waals surface area contributed by atoms with E-state index in [1.54, 1.807) is 11.3 Å². The van der Waals surface area contributed by atoms with Crippen LogP contribution in [0.25, 0.3) is 0 Å². The first-order valence-corrected chi connectivity index (χ1v) is 5.10. The molecule has 0 saturated carbocycles. The van der Waals surface area contributed by atoms with E-state index in [9.17, 15) is 0 Å². The van der Waals surface area contributed by atoms with Crippen molar-refractivity contribution in [3.05, 3.63) is 22.4 Å². The van der Waals surface area contributed by atoms with Crippen LogP contribution in [0, 0.1) is 0 Å². The quantitative estimate of drug-likeness (QED) is 0.666. The van der Waals surface area contributed by atoms with Crippen LogP contribution in [0.15, 0.2) is 17.5 Å². The SMILES string of the molecule is OCC(O)COCCc1cccs1. The number of hydrogen-bond donors (Lipinski definition) is 2. The van der Waals surface area contributed by atoms with Gasteiger partial charge in [-0.25, -0.2) is 0 Å². The maximum Gasteiger partial charge on any atom is 0.100 e. The molecule has 1 unspecified atom stereocenters. The predicted octanol–water partition coefficient (Wildman–Crippen LogP) is 0.660. The highest BCUT2D eigenvalue weighted by Gasteiger charge is 2.01. The fourth-order valence-electron chi connectivity index (χ4n) is 0.900. The van der Waals surface area contributed by atoms with Crippen LogP contribution < -0.4 is 0 Å². The fraction of sp³-hybridized carbons (Fsp3) is 0.556. The van der Waals surface area contributed by atoms with Crippen LogP contribution in [0.1, 0.15) is 4.88 Å². The molecule has 0 aromatic carbocycles. The number of aliphatic hydroxyl groups excluding tert-OH is 2. The standard InChI is InChI=1S/C9H14O3S/c10-6-8(11)7-12-4-3-9-2-1-5-13-9/h1-2,5,8,10-11H,3-4,6-7H2. The molecule has 3 nitrogen and oxygen atoms in total. The molecule has 0 amide bonds. The second-order valence-corrected chi connectivity index (χ2v) is 3.77. The molecule has 0 fully saturated rings. The van der Waals surface area contributed by atoms with Crippen LogP contribution >= 0.6 is 11.3 Å². The van der Waals surface area contributed by atoms with E-state index >= 15 is 0 Å². The normalized spacial score (nSPS) is 13.1. The minimum Gasteiger partial charge on any atom is -0.394 e. The Hall–Kier alpha value is -0.420. The Bertz CT molecular complexity index is 211. The molecule has 74 valence electrons. The molecule has 13 heavy (non-hydrogen) atoms. The largest absolute Gasteiger partial charge is 0.394 e. The van der Waals surface area contributed by atoms with Crippen LogP contribution in [0.2, 0.25) is 0 Å². The van der Waals surface area contributed by atoms with Crippen molar-refractivity contribution in [1.82, 2.24) is 0 Å². The fourth-order valence-corrected chi connectivity index (χ4v) is 1.59. The first kappa shape index (κ1) is 10.7. The van der Waals surface area contributed by atoms with E-state index in [1.807, 2.05) is 11.4 Å². The van der Waals surface area contributed by atoms with Gasteiger partial charge in [-0.3, -0.25) is 0 Å². The number of thiophene rings is 1. The predicted molar refractivity (Wildman–Crippen MR) is 51.9 cm³/mol. The van der Waals surface area contributed by atoms with Gasteiger partial charge in [-0.05, 0) is 11.4 Å². The molecule has 0 saturated heterocycles. The third-order valence-electron chi connectivity index (χ3n) is 1.59. The molecule has 0 aliphatic rings. The first-order valence-electron chi connectivity index (χ1n) is 4.22. The van der Waals surface area contributed by atoms with Crippen molar-refractivity contribution in [3.63, 3.8) is 0 Å². The minimum absolute atomic E-state index is 0.210. The number of rotatable bonds is 6. The lowest BCUT2D eigenvalue weighted by Gasteiger charge is -2.07. The van der Waals surface area contributed by atoms with Crippen molar-refractivity contribution >= 4 is 11.3 Å². The van der Waals surface area contributed by atoms with Crippen molar-refractivity contribution in [3.8, 4) is 0 Å². The lowest BCUT2D eigenvalue weighted by Crippen LogP contribution is -2.19. The van der Waals surface area contributed by atoms with Gasteiger partial charge in [0, 0.05) is 11.3 Å². The van der Waals surface area contributed by atoms with Crippen LogP contribution in [0.4, 0.5) is 0 Å². The molecule has 0 radical (unpaired) electrons. The Morgan fingerprint density at radius 2 is 2.38 bits per heavy atom. The van der Waals surface area contributed by atoms with Crippen molar-refractivity contribution in [2.24, 2.45) is 0 Å². The van der Waals surface area contributed by atoms with Crippen LogP contribution in [-0.4, -0.2) is 36.1 Å². The maximum absolute atomic E-state index is 8.94. The van der Waals surface area contributed by atoms with E-state index in [4.69, 9.17) is 14.9 Å². The highest BCUT2D eigenvalue weighted by atomic mass is 32.1. The smallest absolute Gasteiger partial charge is 0.100 e. The monoisotopic (exact) mass is 202 g/mol. The lowest BCUT2D eigenvalue weighted by atomic mass is 10.3. The zero-order valence-electron chi connectivity index (χ0n) is 7.35. The first-order chi connectivity index (χ1) is 6.33. The average Bonchev–Trinajstić information content (AvgIpc) is 2.64. The number of aliphatic hydroxyl groups is 2. The molecule has 1 rings (SSSR count). The molecule has 0 aliphatic carbocycles. The Balaban J connectivity index is 2.02. The summed E-state index contributed by atoms with van der Waals surface area (Å²) in [6.07, 6.45) is 0.124. The molecule has 2 N–H and O–H groups in total. The summed E-state index contributed by atoms with van der Waals surface area (Å²) in [5.41, 5.74) is 0. The highest BCUT2D eigenvalue weighted by molar-refractivity contribution is 7.09. The Morgan fingerprint density at radius 1 is 1.54 bits per heavy atom. The van der Waals surface area contributed by atoms with Gasteiger partial charge in [0.15, 0.2) is 0 Å². The minimum atomic E-state index is -0.747. The van der Waals surface area contributed by atoms with Gasteiger partial charge >= 0.3 is 0 Å². The topological polar surface area (TPSA) is 49.7 Å². The summed E-state index contributed by atoms with van der Waals surface area (Å²) in [5, 5.41) is 19.5. The molecule has 0 spiro atoms. The van der Waals surface area contributed by atoms with Gasteiger partial charge in [0.1, 0.15) is 6.10 Å². The molecule has 1 heterocycles. The van der Waals surface area contributed by atoms with E-state index in [-0.39, 0.29) is 13.2 Å². The van der Waals surface area contributed by atoms with Gasteiger partial charge in [0.2, 0.25) is 0 Å². The summed E-state index contributed by atoms with van der Waals surface area (Å²) in [5.74, 6) is 0. The van der Waals surface area contributed by atoms with Crippen molar-refractivity contribution in [2.45, 2.75) is 12.5 Å². The molecule has 4 heteroatoms. The maximum atomic E-state index is 8.94. The van der Waals surface area contributed by atoms with Gasteiger partial charge in [-0.2, -0.15) is 0 Å². The van der Waals surface area contributed by atoms with E-state index < -0.39 is 6.10 Å². The highest BCUT2D eigenvalue weighted by Crippen LogP contribution is 2.08. The number of hydrogen-bond acceptors (Lipinski definition) is 4. The van der Waals surface area contributed by atoms with E-state index in [0.29, 0.717) is 6.61 Å². The van der Waals surface area contributed by atoms with Crippen LogP contribution in [0.5, 0.6) is 0 Å². The third-order valence-corrected chi connectivity index (χ3v) is 2.53. The Morgan fingerprint density at radius 3 is 3.00 bits per heavy atom. The summed E-state index contributed by atoms with van der Waals surface area (Å²) in [4.78, 5) is 1.28. The lowest BCUT2D eigenvalue weighted by molar-refractivity contribution is 0.00735. The second-order valence-electron chi connectivity index (χ2n) is 2.74. The van der Waals surface area contributed by atoms with Crippen molar-refractivity contribution in [1.29, 1.82) is 0 Å². The Kier molecular flexibility index (Phi) is 5.00. The van der Waals surface area contributed by atoms with Gasteiger partial charge in [0.05, 0.1) is 19.8 Å². The summed E-state index contributed by atoms with van der Waals surface area (Å²) >= 11 is 1.70. The number of ether oxygens (including phenoxy) is 1. The Labute approximate surface area is 81.6 Å². The van der Waals surface area contributed by atoms with Gasteiger partial charge < -0.3 is 14.9 Å². The van der Waals surface area contributed by atoms with Crippen LogP contribution in [0.3, 0.4) is 0 Å². The van der Waals surface area contributed by atoms with Crippen molar-refractivity contribution in [2.75, 3.05) is 19.8 Å². The summed E-state index contributed by atoms with van der Waals surface area (Å²) in [6, 6.07) is 4.05. The molecular weight excluding hydrogens is 188 g/mol. The van der Waals surface area contributed by atoms with Gasteiger partial charge in [-0.1, -0.05) is 6.07 Å². The summed E-state index contributed by atoms with van der Waals surface area (Å²) in [7, 11) is 0. The molecule has 0 bridgehead atoms. The van der Waals surface area contributed by atoms with Crippen LogP contribution in [-0.2, 0) is 11.2 Å².